The largest absolute Gasteiger partial charge is 0.302 e. The highest BCUT2D eigenvalue weighted by Crippen LogP contribution is 2.25. The van der Waals surface area contributed by atoms with E-state index in [2.05, 4.69) is 10.5 Å². The van der Waals surface area contributed by atoms with Crippen LogP contribution in [0.3, 0.4) is 0 Å². The Morgan fingerprint density at radius 3 is 2.36 bits per heavy atom. The number of rotatable bonds is 7. The van der Waals surface area contributed by atoms with Crippen molar-refractivity contribution in [3.63, 3.8) is 0 Å². The van der Waals surface area contributed by atoms with Gasteiger partial charge in [0.2, 0.25) is 0 Å². The molecule has 13 heteroatoms. The third-order valence-corrected chi connectivity index (χ3v) is 7.95. The predicted molar refractivity (Wildman–Crippen MR) is 107 cm³/mol. The van der Waals surface area contributed by atoms with Crippen molar-refractivity contribution in [2.24, 2.45) is 16.8 Å². The Bertz CT molecular complexity index is 1120. The van der Waals surface area contributed by atoms with E-state index in [9.17, 15) is 16.8 Å². The molecule has 1 aromatic heterocycles. The van der Waals surface area contributed by atoms with Crippen molar-refractivity contribution >= 4 is 43.2 Å². The molecule has 1 atom stereocenters. The highest BCUT2D eigenvalue weighted by Gasteiger charge is 2.21. The number of hydrogen-bond acceptors (Lipinski definition) is 9. The molecule has 1 aromatic carbocycles. The standard InChI is InChI=1S/C15H18N6O4S3/c16-20-27(22,23)12-5-2-10(3-6-12)1-4-11-9-13(19-18-11)14-7-8-15(26-14)28(24,25)21-17/h1-8,11,18,20-21H,9,16-17H2/b4-1+/t11-/m1/s1. The molecule has 2 heterocycles. The third-order valence-electron chi connectivity index (χ3n) is 3.93. The lowest BCUT2D eigenvalue weighted by atomic mass is 10.1. The first-order chi connectivity index (χ1) is 13.2. The number of nitrogens with one attached hydrogen (secondary N) is 3. The summed E-state index contributed by atoms with van der Waals surface area (Å²) in [6.45, 7) is 0. The molecule has 0 fully saturated rings. The van der Waals surface area contributed by atoms with Gasteiger partial charge in [-0.1, -0.05) is 24.3 Å². The number of hydrazine groups is 2. The SMILES string of the molecule is NNS(=O)(=O)c1ccc(/C=C/[C@@H]2CC(c3ccc(S(=O)(=O)NN)s3)=NN2)cc1. The molecule has 0 bridgehead atoms. The van der Waals surface area contributed by atoms with Gasteiger partial charge in [-0.15, -0.1) is 16.2 Å². The number of benzene rings is 1. The molecule has 150 valence electrons. The van der Waals surface area contributed by atoms with Crippen LogP contribution in [0.2, 0.25) is 0 Å². The lowest BCUT2D eigenvalue weighted by Crippen LogP contribution is -2.30. The van der Waals surface area contributed by atoms with Crippen LogP contribution in [0.15, 0.2) is 56.7 Å². The van der Waals surface area contributed by atoms with Crippen LogP contribution in [-0.2, 0) is 20.0 Å². The Hall–Kier alpha value is -2.13. The molecule has 0 aliphatic carbocycles. The normalized spacial score (nSPS) is 17.6. The lowest BCUT2D eigenvalue weighted by molar-refractivity contribution is 0.583. The van der Waals surface area contributed by atoms with Crippen LogP contribution >= 0.6 is 11.3 Å². The molecule has 28 heavy (non-hydrogen) atoms. The van der Waals surface area contributed by atoms with Gasteiger partial charge in [0.1, 0.15) is 4.21 Å². The second kappa shape index (κ2) is 8.08. The van der Waals surface area contributed by atoms with Gasteiger partial charge in [-0.25, -0.2) is 16.8 Å². The topological polar surface area (TPSA) is 169 Å². The van der Waals surface area contributed by atoms with Crippen LogP contribution in [0.1, 0.15) is 16.9 Å². The fourth-order valence-electron chi connectivity index (χ4n) is 2.46. The molecule has 1 aliphatic rings. The van der Waals surface area contributed by atoms with Gasteiger partial charge in [0.25, 0.3) is 20.0 Å². The number of nitrogens with zero attached hydrogens (tertiary/aromatic N) is 1. The molecular weight excluding hydrogens is 424 g/mol. The Morgan fingerprint density at radius 2 is 1.71 bits per heavy atom. The van der Waals surface area contributed by atoms with Crippen LogP contribution in [-0.4, -0.2) is 28.6 Å². The maximum Gasteiger partial charge on any atom is 0.262 e. The summed E-state index contributed by atoms with van der Waals surface area (Å²) in [5, 5.41) is 4.26. The molecule has 7 N–H and O–H groups in total. The van der Waals surface area contributed by atoms with E-state index in [1.165, 1.54) is 18.2 Å². The van der Waals surface area contributed by atoms with Crippen molar-refractivity contribution in [1.82, 2.24) is 15.1 Å². The lowest BCUT2D eigenvalue weighted by Gasteiger charge is -2.04. The Labute approximate surface area is 166 Å². The van der Waals surface area contributed by atoms with Crippen LogP contribution in [0, 0.1) is 0 Å². The summed E-state index contributed by atoms with van der Waals surface area (Å²) in [4.78, 5) is 4.38. The smallest absolute Gasteiger partial charge is 0.262 e. The van der Waals surface area contributed by atoms with E-state index >= 15 is 0 Å². The number of nitrogens with two attached hydrogens (primary N) is 2. The van der Waals surface area contributed by atoms with Crippen molar-refractivity contribution in [2.75, 3.05) is 0 Å². The van der Waals surface area contributed by atoms with Crippen molar-refractivity contribution in [1.29, 1.82) is 0 Å². The molecule has 10 nitrogen and oxygen atoms in total. The second-order valence-electron chi connectivity index (χ2n) is 5.79. The molecular formula is C15H18N6O4S3. The quantitative estimate of drug-likeness (QED) is 0.293. The van der Waals surface area contributed by atoms with Crippen LogP contribution in [0.5, 0.6) is 0 Å². The summed E-state index contributed by atoms with van der Waals surface area (Å²) in [6, 6.07) is 9.33. The van der Waals surface area contributed by atoms with Gasteiger partial charge in [0, 0.05) is 6.42 Å². The van der Waals surface area contributed by atoms with Gasteiger partial charge in [0.05, 0.1) is 21.5 Å². The molecule has 0 radical (unpaired) electrons. The number of sulfonamides is 2. The monoisotopic (exact) mass is 442 g/mol. The Morgan fingerprint density at radius 1 is 1.04 bits per heavy atom. The van der Waals surface area contributed by atoms with E-state index in [0.717, 1.165) is 27.5 Å². The minimum Gasteiger partial charge on any atom is -0.302 e. The zero-order chi connectivity index (χ0) is 20.4. The molecule has 0 unspecified atom stereocenters. The Kier molecular flexibility index (Phi) is 5.95. The minimum atomic E-state index is -3.68. The summed E-state index contributed by atoms with van der Waals surface area (Å²) in [5.74, 6) is 10.0. The summed E-state index contributed by atoms with van der Waals surface area (Å²) < 4.78 is 46.8. The minimum absolute atomic E-state index is 0.0705. The third kappa shape index (κ3) is 4.47. The summed E-state index contributed by atoms with van der Waals surface area (Å²) in [5.41, 5.74) is 4.53. The highest BCUT2D eigenvalue weighted by molar-refractivity contribution is 7.91. The fourth-order valence-corrected chi connectivity index (χ4v) is 5.04. The highest BCUT2D eigenvalue weighted by atomic mass is 32.2. The van der Waals surface area contributed by atoms with Gasteiger partial charge < -0.3 is 5.43 Å². The second-order valence-corrected chi connectivity index (χ2v) is 10.5. The van der Waals surface area contributed by atoms with Gasteiger partial charge in [-0.3, -0.25) is 11.7 Å². The molecule has 0 saturated heterocycles. The summed E-state index contributed by atoms with van der Waals surface area (Å²) in [7, 11) is -7.36. The molecule has 0 amide bonds. The van der Waals surface area contributed by atoms with E-state index in [4.69, 9.17) is 11.7 Å². The first-order valence-corrected chi connectivity index (χ1v) is 11.7. The van der Waals surface area contributed by atoms with Gasteiger partial charge in [-0.05, 0) is 29.8 Å². The first-order valence-electron chi connectivity index (χ1n) is 7.90. The average Bonchev–Trinajstić information content (AvgIpc) is 3.36. The molecule has 1 aliphatic heterocycles. The molecule has 3 rings (SSSR count). The zero-order valence-electron chi connectivity index (χ0n) is 14.4. The first kappa shape index (κ1) is 20.6. The van der Waals surface area contributed by atoms with E-state index in [1.807, 2.05) is 12.2 Å². The van der Waals surface area contributed by atoms with E-state index in [0.29, 0.717) is 6.42 Å². The van der Waals surface area contributed by atoms with Crippen molar-refractivity contribution in [2.45, 2.75) is 21.6 Å². The van der Waals surface area contributed by atoms with E-state index in [1.54, 1.807) is 27.9 Å². The number of hydrogen-bond donors (Lipinski definition) is 5. The van der Waals surface area contributed by atoms with Crippen LogP contribution < -0.4 is 26.8 Å². The maximum atomic E-state index is 11.7. The fraction of sp³-hybridized carbons (Fsp3) is 0.133. The number of hydrazone groups is 1. The van der Waals surface area contributed by atoms with Crippen LogP contribution in [0.25, 0.3) is 6.08 Å². The predicted octanol–water partition coefficient (Wildman–Crippen LogP) is -0.168. The van der Waals surface area contributed by atoms with Crippen molar-refractivity contribution < 1.29 is 16.8 Å². The Balaban J connectivity index is 1.64. The summed E-state index contributed by atoms with van der Waals surface area (Å²) in [6.07, 6.45) is 4.31. The van der Waals surface area contributed by atoms with E-state index < -0.39 is 20.0 Å². The van der Waals surface area contributed by atoms with Crippen molar-refractivity contribution in [3.05, 3.63) is 52.9 Å². The van der Waals surface area contributed by atoms with Crippen LogP contribution in [0.4, 0.5) is 0 Å². The van der Waals surface area contributed by atoms with E-state index in [-0.39, 0.29) is 15.1 Å². The molecule has 2 aromatic rings. The van der Waals surface area contributed by atoms with Gasteiger partial charge >= 0.3 is 0 Å². The summed E-state index contributed by atoms with van der Waals surface area (Å²) >= 11 is 1.09. The van der Waals surface area contributed by atoms with Crippen molar-refractivity contribution in [3.8, 4) is 0 Å². The number of thiophene rings is 1. The maximum absolute atomic E-state index is 11.7. The average molecular weight is 443 g/mol. The van der Waals surface area contributed by atoms with Gasteiger partial charge in [0.15, 0.2) is 0 Å². The van der Waals surface area contributed by atoms with Gasteiger partial charge in [-0.2, -0.15) is 9.93 Å². The zero-order valence-corrected chi connectivity index (χ0v) is 16.8. The molecule has 0 saturated carbocycles. The molecule has 0 spiro atoms.